The SMILES string of the molecule is CC(=O)C1=CCC2[C@@H]3CC=C4C[C@@H](O)CC[C@]4(C)[C@H]3CC[C@]12C. The number of aliphatic hydroxyl groups is 1. The molecule has 0 aromatic carbocycles. The third-order valence-corrected chi connectivity index (χ3v) is 8.04. The minimum atomic E-state index is -0.128. The molecule has 1 unspecified atom stereocenters. The number of carbonyl (C=O) groups excluding carboxylic acids is 1. The Balaban J connectivity index is 1.67. The molecule has 6 atom stereocenters. The molecule has 4 rings (SSSR count). The Kier molecular flexibility index (Phi) is 3.43. The molecular formula is C21H30O2. The zero-order valence-corrected chi connectivity index (χ0v) is 14.8. The van der Waals surface area contributed by atoms with E-state index in [4.69, 9.17) is 0 Å². The van der Waals surface area contributed by atoms with Gasteiger partial charge in [0.25, 0.3) is 0 Å². The minimum Gasteiger partial charge on any atom is -0.393 e. The van der Waals surface area contributed by atoms with Gasteiger partial charge < -0.3 is 5.11 Å². The molecule has 1 N–H and O–H groups in total. The van der Waals surface area contributed by atoms with E-state index in [-0.39, 0.29) is 17.3 Å². The molecule has 2 heteroatoms. The van der Waals surface area contributed by atoms with Gasteiger partial charge in [-0.2, -0.15) is 0 Å². The lowest BCUT2D eigenvalue weighted by Crippen LogP contribution is -2.50. The molecule has 2 saturated carbocycles. The molecule has 0 heterocycles. The van der Waals surface area contributed by atoms with Gasteiger partial charge in [-0.1, -0.05) is 31.6 Å². The van der Waals surface area contributed by atoms with Crippen LogP contribution in [-0.4, -0.2) is 17.0 Å². The Labute approximate surface area is 140 Å². The second-order valence-electron chi connectivity index (χ2n) is 9.02. The van der Waals surface area contributed by atoms with Gasteiger partial charge in [0, 0.05) is 0 Å². The largest absolute Gasteiger partial charge is 0.393 e. The Hall–Kier alpha value is -0.890. The van der Waals surface area contributed by atoms with Crippen LogP contribution in [0.3, 0.4) is 0 Å². The summed E-state index contributed by atoms with van der Waals surface area (Å²) in [6.07, 6.45) is 12.2. The minimum absolute atomic E-state index is 0.114. The topological polar surface area (TPSA) is 37.3 Å². The van der Waals surface area contributed by atoms with Gasteiger partial charge in [-0.25, -0.2) is 0 Å². The first kappa shape index (κ1) is 15.6. The van der Waals surface area contributed by atoms with Crippen LogP contribution in [0.25, 0.3) is 0 Å². The summed E-state index contributed by atoms with van der Waals surface area (Å²) in [7, 11) is 0. The van der Waals surface area contributed by atoms with Crippen LogP contribution in [0.4, 0.5) is 0 Å². The summed E-state index contributed by atoms with van der Waals surface area (Å²) in [5, 5.41) is 10.1. The molecule has 23 heavy (non-hydrogen) atoms. The van der Waals surface area contributed by atoms with Gasteiger partial charge in [0.05, 0.1) is 6.10 Å². The number of hydrogen-bond acceptors (Lipinski definition) is 2. The molecule has 0 saturated heterocycles. The Bertz CT molecular complexity index is 601. The van der Waals surface area contributed by atoms with Crippen LogP contribution in [0, 0.1) is 28.6 Å². The predicted octanol–water partition coefficient (Wildman–Crippen LogP) is 4.44. The third kappa shape index (κ3) is 2.06. The molecule has 0 bridgehead atoms. The fourth-order valence-electron chi connectivity index (χ4n) is 6.75. The molecule has 4 aliphatic carbocycles. The lowest BCUT2D eigenvalue weighted by atomic mass is 9.47. The number of fused-ring (bicyclic) bond motifs is 5. The van der Waals surface area contributed by atoms with Crippen molar-refractivity contribution in [1.29, 1.82) is 0 Å². The fraction of sp³-hybridized carbons (Fsp3) is 0.762. The second kappa shape index (κ2) is 5.05. The molecule has 0 spiro atoms. The van der Waals surface area contributed by atoms with E-state index in [0.717, 1.165) is 50.0 Å². The van der Waals surface area contributed by atoms with Crippen LogP contribution >= 0.6 is 0 Å². The molecule has 2 fully saturated rings. The molecule has 0 amide bonds. The van der Waals surface area contributed by atoms with Crippen molar-refractivity contribution in [2.75, 3.05) is 0 Å². The second-order valence-corrected chi connectivity index (χ2v) is 9.02. The third-order valence-electron chi connectivity index (χ3n) is 8.04. The summed E-state index contributed by atoms with van der Waals surface area (Å²) in [6, 6.07) is 0. The summed E-state index contributed by atoms with van der Waals surface area (Å²) >= 11 is 0. The van der Waals surface area contributed by atoms with Crippen molar-refractivity contribution >= 4 is 5.78 Å². The van der Waals surface area contributed by atoms with Crippen LogP contribution in [-0.2, 0) is 4.79 Å². The van der Waals surface area contributed by atoms with Crippen LogP contribution < -0.4 is 0 Å². The maximum atomic E-state index is 12.1. The molecule has 0 radical (unpaired) electrons. The van der Waals surface area contributed by atoms with Crippen LogP contribution in [0.15, 0.2) is 23.3 Å². The number of carbonyl (C=O) groups is 1. The zero-order valence-electron chi connectivity index (χ0n) is 14.8. The monoisotopic (exact) mass is 314 g/mol. The maximum Gasteiger partial charge on any atom is 0.156 e. The lowest BCUT2D eigenvalue weighted by Gasteiger charge is -2.57. The first-order valence-electron chi connectivity index (χ1n) is 9.45. The molecule has 0 aromatic rings. The van der Waals surface area contributed by atoms with Gasteiger partial charge >= 0.3 is 0 Å². The Morgan fingerprint density at radius 3 is 2.57 bits per heavy atom. The van der Waals surface area contributed by atoms with Crippen LogP contribution in [0.5, 0.6) is 0 Å². The van der Waals surface area contributed by atoms with E-state index in [9.17, 15) is 9.90 Å². The van der Waals surface area contributed by atoms with E-state index in [0.29, 0.717) is 17.3 Å². The number of allylic oxidation sites excluding steroid dienone is 3. The standard InChI is InChI=1S/C21H30O2/c1-13(22)17-6-7-18-16-5-4-14-12-15(23)8-10-20(14,2)19(16)9-11-21(17,18)3/h4,6,15-16,18-19,23H,5,7-12H2,1-3H3/t15-,16-,18?,19-,20-,21+/m0/s1. The van der Waals surface area contributed by atoms with E-state index >= 15 is 0 Å². The van der Waals surface area contributed by atoms with Gasteiger partial charge in [-0.05, 0) is 86.0 Å². The Morgan fingerprint density at radius 1 is 1.09 bits per heavy atom. The molecule has 2 nitrogen and oxygen atoms in total. The predicted molar refractivity (Wildman–Crippen MR) is 91.9 cm³/mol. The average Bonchev–Trinajstić information content (AvgIpc) is 2.85. The normalized spacial score (nSPS) is 48.7. The first-order valence-corrected chi connectivity index (χ1v) is 9.45. The van der Waals surface area contributed by atoms with Crippen molar-refractivity contribution in [1.82, 2.24) is 0 Å². The summed E-state index contributed by atoms with van der Waals surface area (Å²) in [5.74, 6) is 2.38. The van der Waals surface area contributed by atoms with Crippen molar-refractivity contribution in [3.63, 3.8) is 0 Å². The van der Waals surface area contributed by atoms with E-state index < -0.39 is 0 Å². The number of hydrogen-bond donors (Lipinski definition) is 1. The lowest BCUT2D eigenvalue weighted by molar-refractivity contribution is -0.115. The zero-order chi connectivity index (χ0) is 16.4. The smallest absolute Gasteiger partial charge is 0.156 e. The highest BCUT2D eigenvalue weighted by molar-refractivity contribution is 5.95. The molecule has 126 valence electrons. The summed E-state index contributed by atoms with van der Waals surface area (Å²) in [6.45, 7) is 6.55. The van der Waals surface area contributed by atoms with E-state index in [1.54, 1.807) is 6.92 Å². The summed E-state index contributed by atoms with van der Waals surface area (Å²) in [5.41, 5.74) is 3.05. The van der Waals surface area contributed by atoms with Crippen LogP contribution in [0.2, 0.25) is 0 Å². The number of aliphatic hydroxyl groups excluding tert-OH is 1. The average molecular weight is 314 g/mol. The highest BCUT2D eigenvalue weighted by Gasteiger charge is 2.57. The van der Waals surface area contributed by atoms with Crippen molar-refractivity contribution in [3.8, 4) is 0 Å². The van der Waals surface area contributed by atoms with Crippen LogP contribution in [0.1, 0.15) is 65.7 Å². The highest BCUT2D eigenvalue weighted by Crippen LogP contribution is 2.64. The van der Waals surface area contributed by atoms with Gasteiger partial charge in [0.2, 0.25) is 0 Å². The maximum absolute atomic E-state index is 12.1. The number of ketones is 1. The summed E-state index contributed by atoms with van der Waals surface area (Å²) < 4.78 is 0. The molecule has 0 aliphatic heterocycles. The Morgan fingerprint density at radius 2 is 1.83 bits per heavy atom. The van der Waals surface area contributed by atoms with E-state index in [1.807, 2.05) is 0 Å². The molecule has 4 aliphatic rings. The number of Topliss-reactive ketones (excluding diaryl/α,β-unsaturated/α-hetero) is 1. The quantitative estimate of drug-likeness (QED) is 0.727. The molecule has 0 aromatic heterocycles. The van der Waals surface area contributed by atoms with Gasteiger partial charge in [0.15, 0.2) is 5.78 Å². The van der Waals surface area contributed by atoms with Crippen molar-refractivity contribution in [3.05, 3.63) is 23.3 Å². The van der Waals surface area contributed by atoms with Crippen molar-refractivity contribution < 1.29 is 9.90 Å². The molecular weight excluding hydrogens is 284 g/mol. The van der Waals surface area contributed by atoms with E-state index in [2.05, 4.69) is 26.0 Å². The van der Waals surface area contributed by atoms with Crippen molar-refractivity contribution in [2.45, 2.75) is 71.8 Å². The van der Waals surface area contributed by atoms with Gasteiger partial charge in [-0.3, -0.25) is 4.79 Å². The number of rotatable bonds is 1. The van der Waals surface area contributed by atoms with Gasteiger partial charge in [-0.15, -0.1) is 0 Å². The highest BCUT2D eigenvalue weighted by atomic mass is 16.3. The van der Waals surface area contributed by atoms with Gasteiger partial charge in [0.1, 0.15) is 0 Å². The van der Waals surface area contributed by atoms with E-state index in [1.165, 1.54) is 12.0 Å². The first-order chi connectivity index (χ1) is 10.9. The van der Waals surface area contributed by atoms with Crippen molar-refractivity contribution in [2.24, 2.45) is 28.6 Å². The fourth-order valence-corrected chi connectivity index (χ4v) is 6.75. The summed E-state index contributed by atoms with van der Waals surface area (Å²) in [4.78, 5) is 12.1.